The molecule has 0 spiro atoms. The summed E-state index contributed by atoms with van der Waals surface area (Å²) >= 11 is 7.91. The van der Waals surface area contributed by atoms with Crippen molar-refractivity contribution >= 4 is 63.4 Å². The van der Waals surface area contributed by atoms with E-state index in [1.807, 2.05) is 31.2 Å². The molecule has 1 amide bonds. The normalized spacial score (nSPS) is 14.7. The number of aryl methyl sites for hydroxylation is 1. The van der Waals surface area contributed by atoms with Gasteiger partial charge in [-0.1, -0.05) is 59.5 Å². The number of ether oxygens (including phenoxy) is 1. The molecule has 6 nitrogen and oxygen atoms in total. The third-order valence-electron chi connectivity index (χ3n) is 4.85. The highest BCUT2D eigenvalue weighted by atomic mass is 32.2. The van der Waals surface area contributed by atoms with Crippen molar-refractivity contribution in [2.75, 3.05) is 12.0 Å². The number of carbonyl (C=O) groups excluding carboxylic acids is 1. The lowest BCUT2D eigenvalue weighted by Gasteiger charge is -2.14. The van der Waals surface area contributed by atoms with Gasteiger partial charge in [0.1, 0.15) is 5.75 Å². The van der Waals surface area contributed by atoms with Crippen molar-refractivity contribution in [1.29, 1.82) is 0 Å². The van der Waals surface area contributed by atoms with Crippen LogP contribution < -0.4 is 9.64 Å². The Morgan fingerprint density at radius 1 is 1.09 bits per heavy atom. The van der Waals surface area contributed by atoms with Crippen LogP contribution in [0.4, 0.5) is 11.4 Å². The van der Waals surface area contributed by atoms with Gasteiger partial charge in [-0.15, -0.1) is 0 Å². The van der Waals surface area contributed by atoms with Gasteiger partial charge >= 0.3 is 0 Å². The first kappa shape index (κ1) is 23.0. The summed E-state index contributed by atoms with van der Waals surface area (Å²) in [6.45, 7) is 1.99. The van der Waals surface area contributed by atoms with Gasteiger partial charge in [-0.3, -0.25) is 19.8 Å². The molecule has 1 aliphatic heterocycles. The fourth-order valence-electron chi connectivity index (χ4n) is 3.16. The lowest BCUT2D eigenvalue weighted by Crippen LogP contribution is -2.27. The molecule has 166 valence electrons. The Kier molecular flexibility index (Phi) is 6.83. The maximum Gasteiger partial charge on any atom is 0.283 e. The predicted molar refractivity (Wildman–Crippen MR) is 137 cm³/mol. The first-order valence-electron chi connectivity index (χ1n) is 9.80. The van der Waals surface area contributed by atoms with Crippen LogP contribution in [0.1, 0.15) is 11.1 Å². The Labute approximate surface area is 204 Å². The number of carbonyl (C=O) groups is 1. The number of rotatable bonds is 6. The van der Waals surface area contributed by atoms with Gasteiger partial charge in [-0.05, 0) is 61.0 Å². The summed E-state index contributed by atoms with van der Waals surface area (Å²) in [6, 6.07) is 19.8. The third-order valence-corrected chi connectivity index (χ3v) is 7.23. The first-order valence-corrected chi connectivity index (χ1v) is 11.8. The molecule has 3 aromatic rings. The summed E-state index contributed by atoms with van der Waals surface area (Å²) in [6.07, 6.45) is 1.64. The molecule has 0 saturated carbocycles. The van der Waals surface area contributed by atoms with E-state index < -0.39 is 4.92 Å². The fourth-order valence-corrected chi connectivity index (χ4v) is 5.36. The van der Waals surface area contributed by atoms with Gasteiger partial charge < -0.3 is 4.74 Å². The molecule has 4 rings (SSSR count). The van der Waals surface area contributed by atoms with Gasteiger partial charge in [0, 0.05) is 11.0 Å². The molecular formula is C24H18N2O4S3. The summed E-state index contributed by atoms with van der Waals surface area (Å²) < 4.78 is 5.56. The highest BCUT2D eigenvalue weighted by Crippen LogP contribution is 2.39. The maximum atomic E-state index is 13.0. The second kappa shape index (κ2) is 9.78. The van der Waals surface area contributed by atoms with Gasteiger partial charge in [0.15, 0.2) is 4.32 Å². The van der Waals surface area contributed by atoms with Crippen LogP contribution in [0, 0.1) is 17.0 Å². The second-order valence-electron chi connectivity index (χ2n) is 7.11. The minimum absolute atomic E-state index is 0.0139. The molecule has 0 radical (unpaired) electrons. The molecule has 0 bridgehead atoms. The number of hydrogen-bond acceptors (Lipinski definition) is 7. The molecule has 3 aromatic carbocycles. The Morgan fingerprint density at radius 2 is 1.79 bits per heavy atom. The number of thioether (sulfide) groups is 1. The average Bonchev–Trinajstić information content (AvgIpc) is 3.08. The van der Waals surface area contributed by atoms with Crippen molar-refractivity contribution in [1.82, 2.24) is 0 Å². The lowest BCUT2D eigenvalue weighted by atomic mass is 10.2. The number of anilines is 1. The van der Waals surface area contributed by atoms with E-state index in [-0.39, 0.29) is 11.6 Å². The zero-order chi connectivity index (χ0) is 23.5. The highest BCUT2D eigenvalue weighted by Gasteiger charge is 2.33. The van der Waals surface area contributed by atoms with Crippen LogP contribution in [-0.2, 0) is 4.79 Å². The molecule has 1 heterocycles. The van der Waals surface area contributed by atoms with Crippen LogP contribution in [0.3, 0.4) is 0 Å². The monoisotopic (exact) mass is 494 g/mol. The second-order valence-corrected chi connectivity index (χ2v) is 9.91. The molecule has 0 N–H and O–H groups in total. The van der Waals surface area contributed by atoms with E-state index in [4.69, 9.17) is 17.0 Å². The lowest BCUT2D eigenvalue weighted by molar-refractivity contribution is -0.387. The zero-order valence-corrected chi connectivity index (χ0v) is 20.1. The molecule has 0 aliphatic carbocycles. The third kappa shape index (κ3) is 5.11. The van der Waals surface area contributed by atoms with Crippen molar-refractivity contribution in [2.45, 2.75) is 16.7 Å². The van der Waals surface area contributed by atoms with E-state index in [2.05, 4.69) is 0 Å². The number of nitro groups is 1. The largest absolute Gasteiger partial charge is 0.497 e. The van der Waals surface area contributed by atoms with Crippen molar-refractivity contribution in [3.8, 4) is 5.75 Å². The Morgan fingerprint density at radius 3 is 2.42 bits per heavy atom. The highest BCUT2D eigenvalue weighted by molar-refractivity contribution is 8.27. The molecule has 9 heteroatoms. The summed E-state index contributed by atoms with van der Waals surface area (Å²) in [4.78, 5) is 27.6. The van der Waals surface area contributed by atoms with Gasteiger partial charge in [0.2, 0.25) is 0 Å². The number of thiocarbonyl (C=S) groups is 1. The number of benzene rings is 3. The number of methoxy groups -OCH3 is 1. The molecule has 33 heavy (non-hydrogen) atoms. The topological polar surface area (TPSA) is 72.7 Å². The van der Waals surface area contributed by atoms with Gasteiger partial charge in [0.25, 0.3) is 11.6 Å². The quantitative estimate of drug-likeness (QED) is 0.168. The van der Waals surface area contributed by atoms with E-state index in [1.54, 1.807) is 49.6 Å². The van der Waals surface area contributed by atoms with Gasteiger partial charge in [-0.2, -0.15) is 0 Å². The van der Waals surface area contributed by atoms with E-state index in [0.29, 0.717) is 31.1 Å². The standard InChI is InChI=1S/C24H18N2O4S3/c1-15-3-10-19(11-4-15)32-21-12-5-16(13-20(21)26(28)29)14-22-23(27)25(24(31)33-22)17-6-8-18(30-2)9-7-17/h3-14H,1-2H3. The summed E-state index contributed by atoms with van der Waals surface area (Å²) in [5.74, 6) is 0.409. The molecule has 0 unspecified atom stereocenters. The van der Waals surface area contributed by atoms with E-state index in [0.717, 1.165) is 10.5 Å². The number of nitrogens with zero attached hydrogens (tertiary/aromatic N) is 2. The van der Waals surface area contributed by atoms with Crippen molar-refractivity contribution in [2.24, 2.45) is 0 Å². The average molecular weight is 495 g/mol. The van der Waals surface area contributed by atoms with Crippen LogP contribution in [0.5, 0.6) is 5.75 Å². The molecule has 0 atom stereocenters. The minimum atomic E-state index is -0.406. The van der Waals surface area contributed by atoms with Crippen LogP contribution in [0.15, 0.2) is 81.4 Å². The Bertz CT molecular complexity index is 1270. The summed E-state index contributed by atoms with van der Waals surface area (Å²) in [7, 11) is 1.57. The van der Waals surface area contributed by atoms with Crippen LogP contribution in [0.25, 0.3) is 6.08 Å². The van der Waals surface area contributed by atoms with E-state index in [1.165, 1.54) is 34.5 Å². The molecular weight excluding hydrogens is 476 g/mol. The van der Waals surface area contributed by atoms with Crippen molar-refractivity contribution in [3.63, 3.8) is 0 Å². The fraction of sp³-hybridized carbons (Fsp3) is 0.0833. The van der Waals surface area contributed by atoms with Crippen molar-refractivity contribution < 1.29 is 14.5 Å². The van der Waals surface area contributed by atoms with Crippen LogP contribution in [-0.4, -0.2) is 22.3 Å². The van der Waals surface area contributed by atoms with E-state index in [9.17, 15) is 14.9 Å². The summed E-state index contributed by atoms with van der Waals surface area (Å²) in [5, 5.41) is 11.7. The molecule has 1 saturated heterocycles. The summed E-state index contributed by atoms with van der Waals surface area (Å²) in [5.41, 5.74) is 2.30. The molecule has 1 aliphatic rings. The first-order chi connectivity index (χ1) is 15.9. The Hall–Kier alpha value is -3.14. The smallest absolute Gasteiger partial charge is 0.283 e. The van der Waals surface area contributed by atoms with Gasteiger partial charge in [0.05, 0.1) is 27.5 Å². The van der Waals surface area contributed by atoms with E-state index >= 15 is 0 Å². The number of amides is 1. The van der Waals surface area contributed by atoms with Crippen molar-refractivity contribution in [3.05, 3.63) is 92.9 Å². The number of nitro benzene ring substituents is 1. The van der Waals surface area contributed by atoms with Gasteiger partial charge in [-0.25, -0.2) is 0 Å². The molecule has 1 fully saturated rings. The zero-order valence-electron chi connectivity index (χ0n) is 17.7. The SMILES string of the molecule is COc1ccc(N2C(=O)C(=Cc3ccc(Sc4ccc(C)cc4)c([N+](=O)[O-])c3)SC2=S)cc1. The minimum Gasteiger partial charge on any atom is -0.497 e. The van der Waals surface area contributed by atoms with Crippen LogP contribution in [0.2, 0.25) is 0 Å². The number of hydrogen-bond donors (Lipinski definition) is 0. The Balaban J connectivity index is 1.60. The predicted octanol–water partition coefficient (Wildman–Crippen LogP) is 6.47. The maximum absolute atomic E-state index is 13.0. The molecule has 0 aromatic heterocycles. The van der Waals surface area contributed by atoms with Crippen LogP contribution >= 0.6 is 35.7 Å².